The van der Waals surface area contributed by atoms with Crippen molar-refractivity contribution in [2.45, 2.75) is 48.4 Å². The maximum absolute atomic E-state index is 13.0. The minimum Gasteiger partial charge on any atom is -0.434 e. The van der Waals surface area contributed by atoms with Crippen LogP contribution in [0.2, 0.25) is 0 Å². The molecular formula is C11H6F16O3. The predicted molar refractivity (Wildman–Crippen MR) is 58.8 cm³/mol. The van der Waals surface area contributed by atoms with Crippen molar-refractivity contribution in [2.75, 3.05) is 13.2 Å². The lowest BCUT2D eigenvalue weighted by Gasteiger charge is -2.33. The van der Waals surface area contributed by atoms with Crippen LogP contribution >= 0.6 is 0 Å². The zero-order valence-electron chi connectivity index (χ0n) is 13.4. The van der Waals surface area contributed by atoms with Gasteiger partial charge in [0.15, 0.2) is 6.61 Å². The zero-order valence-corrected chi connectivity index (χ0v) is 13.4. The van der Waals surface area contributed by atoms with Crippen LogP contribution in [-0.4, -0.2) is 61.3 Å². The van der Waals surface area contributed by atoms with Crippen LogP contribution in [0.4, 0.5) is 75.0 Å². The Balaban J connectivity index is 4.96. The number of rotatable bonds is 8. The van der Waals surface area contributed by atoms with Crippen LogP contribution in [0.1, 0.15) is 6.42 Å². The van der Waals surface area contributed by atoms with Gasteiger partial charge in [0.1, 0.15) is 6.61 Å². The number of halogens is 16. The highest BCUT2D eigenvalue weighted by Gasteiger charge is 2.81. The quantitative estimate of drug-likeness (QED) is 0.318. The topological polar surface area (TPSA) is 35.5 Å². The van der Waals surface area contributed by atoms with E-state index in [2.05, 4.69) is 9.47 Å². The average molecular weight is 490 g/mol. The molecule has 0 saturated carbocycles. The van der Waals surface area contributed by atoms with Crippen molar-refractivity contribution in [1.82, 2.24) is 0 Å². The van der Waals surface area contributed by atoms with Crippen LogP contribution < -0.4 is 0 Å². The van der Waals surface area contributed by atoms with Crippen molar-refractivity contribution in [3.8, 4) is 0 Å². The van der Waals surface area contributed by atoms with E-state index in [1.165, 1.54) is 0 Å². The fourth-order valence-corrected chi connectivity index (χ4v) is 1.32. The standard InChI is InChI=1S/C11H6F16O3/c12-5(13,7(16,17)9(20,21)11(25,26)27)1-2-29-4(28)30-3-6(14,15)8(18,19)10(22,23)24/h1-3H2. The molecule has 0 radical (unpaired) electrons. The molecule has 0 rings (SSSR count). The fraction of sp³-hybridized carbons (Fsp3) is 0.909. The summed E-state index contributed by atoms with van der Waals surface area (Å²) < 4.78 is 204. The highest BCUT2D eigenvalue weighted by atomic mass is 19.4. The maximum atomic E-state index is 13.0. The van der Waals surface area contributed by atoms with Crippen molar-refractivity contribution in [2.24, 2.45) is 0 Å². The smallest absolute Gasteiger partial charge is 0.434 e. The van der Waals surface area contributed by atoms with Gasteiger partial charge < -0.3 is 9.47 Å². The number of alkyl halides is 16. The number of carbonyl (C=O) groups is 1. The van der Waals surface area contributed by atoms with Gasteiger partial charge in [0, 0.05) is 0 Å². The monoisotopic (exact) mass is 490 g/mol. The molecule has 0 aliphatic heterocycles. The van der Waals surface area contributed by atoms with Crippen molar-refractivity contribution >= 4 is 6.16 Å². The summed E-state index contributed by atoms with van der Waals surface area (Å²) in [6, 6.07) is 0. The van der Waals surface area contributed by atoms with Crippen LogP contribution in [0.15, 0.2) is 0 Å². The maximum Gasteiger partial charge on any atom is 0.508 e. The molecule has 0 aliphatic rings. The van der Waals surface area contributed by atoms with Gasteiger partial charge in [0.25, 0.3) is 0 Å². The van der Waals surface area contributed by atoms with Crippen LogP contribution in [0.3, 0.4) is 0 Å². The van der Waals surface area contributed by atoms with Crippen molar-refractivity contribution in [3.05, 3.63) is 0 Å². The number of hydrogen-bond acceptors (Lipinski definition) is 3. The molecule has 0 spiro atoms. The molecule has 0 aliphatic carbocycles. The molecule has 180 valence electrons. The molecular weight excluding hydrogens is 484 g/mol. The minimum absolute atomic E-state index is 2.21. The first-order valence-corrected chi connectivity index (χ1v) is 6.67. The van der Waals surface area contributed by atoms with Crippen molar-refractivity contribution in [1.29, 1.82) is 0 Å². The number of hydrogen-bond donors (Lipinski definition) is 0. The molecule has 0 saturated heterocycles. The molecule has 0 heterocycles. The summed E-state index contributed by atoms with van der Waals surface area (Å²) in [5, 5.41) is 0. The second-order valence-corrected chi connectivity index (χ2v) is 5.26. The summed E-state index contributed by atoms with van der Waals surface area (Å²) in [5.41, 5.74) is 0. The molecule has 0 N–H and O–H groups in total. The van der Waals surface area contributed by atoms with Gasteiger partial charge in [-0.2, -0.15) is 70.2 Å². The highest BCUT2D eigenvalue weighted by Crippen LogP contribution is 2.54. The van der Waals surface area contributed by atoms with Gasteiger partial charge in [-0.15, -0.1) is 0 Å². The third kappa shape index (κ3) is 5.25. The van der Waals surface area contributed by atoms with Gasteiger partial charge in [-0.3, -0.25) is 0 Å². The Morgan fingerprint density at radius 2 is 0.933 bits per heavy atom. The zero-order chi connectivity index (χ0) is 24.6. The highest BCUT2D eigenvalue weighted by molar-refractivity contribution is 5.59. The molecule has 0 amide bonds. The van der Waals surface area contributed by atoms with Crippen LogP contribution in [0, 0.1) is 0 Å². The van der Waals surface area contributed by atoms with E-state index in [0.29, 0.717) is 0 Å². The largest absolute Gasteiger partial charge is 0.508 e. The lowest BCUT2D eigenvalue weighted by Crippen LogP contribution is -2.61. The third-order valence-electron chi connectivity index (χ3n) is 3.03. The fourth-order valence-electron chi connectivity index (χ4n) is 1.32. The Morgan fingerprint density at radius 1 is 0.533 bits per heavy atom. The van der Waals surface area contributed by atoms with E-state index in [4.69, 9.17) is 0 Å². The third-order valence-corrected chi connectivity index (χ3v) is 3.03. The Kier molecular flexibility index (Phi) is 7.51. The normalized spacial score (nSPS) is 15.2. The summed E-state index contributed by atoms with van der Waals surface area (Å²) in [6.07, 6.45) is -19.5. The Bertz CT molecular complexity index is 605. The predicted octanol–water partition coefficient (Wildman–Crippen LogP) is 5.83. The number of ether oxygens (including phenoxy) is 2. The SMILES string of the molecule is O=C(OCCC(F)(F)C(F)(F)C(F)(F)C(F)(F)F)OCC(F)(F)C(F)(F)C(F)(F)F. The number of carbonyl (C=O) groups excluding carboxylic acids is 1. The second-order valence-electron chi connectivity index (χ2n) is 5.26. The Labute approximate surface area is 153 Å². The molecule has 30 heavy (non-hydrogen) atoms. The van der Waals surface area contributed by atoms with E-state index < -0.39 is 67.8 Å². The Hall–Kier alpha value is -1.85. The summed E-state index contributed by atoms with van der Waals surface area (Å²) in [5.74, 6) is -33.4. The summed E-state index contributed by atoms with van der Waals surface area (Å²) >= 11 is 0. The van der Waals surface area contributed by atoms with E-state index >= 15 is 0 Å². The average Bonchev–Trinajstić information content (AvgIpc) is 2.50. The molecule has 3 nitrogen and oxygen atoms in total. The van der Waals surface area contributed by atoms with E-state index in [1.54, 1.807) is 0 Å². The first-order chi connectivity index (χ1) is 12.9. The molecule has 0 bridgehead atoms. The first-order valence-electron chi connectivity index (χ1n) is 6.67. The molecule has 0 aromatic carbocycles. The van der Waals surface area contributed by atoms with Gasteiger partial charge in [0.2, 0.25) is 0 Å². The molecule has 0 aromatic rings. The summed E-state index contributed by atoms with van der Waals surface area (Å²) in [6.45, 7) is -5.27. The minimum atomic E-state index is -7.27. The van der Waals surface area contributed by atoms with E-state index in [0.717, 1.165) is 0 Å². The lowest BCUT2D eigenvalue weighted by atomic mass is 10.0. The lowest BCUT2D eigenvalue weighted by molar-refractivity contribution is -0.397. The van der Waals surface area contributed by atoms with Gasteiger partial charge in [-0.05, 0) is 0 Å². The summed E-state index contributed by atoms with van der Waals surface area (Å²) in [7, 11) is 0. The van der Waals surface area contributed by atoms with Crippen molar-refractivity contribution < 1.29 is 84.5 Å². The van der Waals surface area contributed by atoms with Gasteiger partial charge in [-0.25, -0.2) is 4.79 Å². The first kappa shape index (κ1) is 28.1. The van der Waals surface area contributed by atoms with Crippen molar-refractivity contribution in [3.63, 3.8) is 0 Å². The molecule has 0 aromatic heterocycles. The van der Waals surface area contributed by atoms with E-state index in [-0.39, 0.29) is 0 Å². The summed E-state index contributed by atoms with van der Waals surface area (Å²) in [4.78, 5) is 10.7. The molecule has 0 fully saturated rings. The molecule has 0 unspecified atom stereocenters. The van der Waals surface area contributed by atoms with E-state index in [9.17, 15) is 75.0 Å². The van der Waals surface area contributed by atoms with Gasteiger partial charge >= 0.3 is 48.1 Å². The van der Waals surface area contributed by atoms with Gasteiger partial charge in [0.05, 0.1) is 6.42 Å². The molecule has 19 heteroatoms. The Morgan fingerprint density at radius 3 is 1.30 bits per heavy atom. The van der Waals surface area contributed by atoms with Crippen LogP contribution in [0.25, 0.3) is 0 Å². The van der Waals surface area contributed by atoms with Crippen LogP contribution in [-0.2, 0) is 9.47 Å². The van der Waals surface area contributed by atoms with E-state index in [1.807, 2.05) is 0 Å². The molecule has 0 atom stereocenters. The van der Waals surface area contributed by atoms with Crippen LogP contribution in [0.5, 0.6) is 0 Å². The second kappa shape index (κ2) is 8.01. The van der Waals surface area contributed by atoms with Gasteiger partial charge in [-0.1, -0.05) is 0 Å².